The Balaban J connectivity index is 1.44. The summed E-state index contributed by atoms with van der Waals surface area (Å²) in [6.45, 7) is 4.47. The Labute approximate surface area is 137 Å². The van der Waals surface area contributed by atoms with E-state index in [0.29, 0.717) is 6.04 Å². The molecule has 2 aliphatic rings. The fraction of sp³-hybridized carbons (Fsp3) is 0.647. The smallest absolute Gasteiger partial charge is 0.142 e. The van der Waals surface area contributed by atoms with Crippen molar-refractivity contribution in [2.24, 2.45) is 17.6 Å². The summed E-state index contributed by atoms with van der Waals surface area (Å²) in [7, 11) is 2.19. The number of aromatic amines is 1. The Hall–Kier alpha value is -1.66. The van der Waals surface area contributed by atoms with Gasteiger partial charge in [0.05, 0.1) is 5.39 Å². The predicted molar refractivity (Wildman–Crippen MR) is 92.4 cm³/mol. The van der Waals surface area contributed by atoms with E-state index in [1.165, 1.54) is 32.5 Å². The number of likely N-dealkylation sites (tertiary alicyclic amines) is 1. The molecule has 6 heteroatoms. The molecule has 1 aliphatic carbocycles. The van der Waals surface area contributed by atoms with Gasteiger partial charge in [-0.25, -0.2) is 9.97 Å². The van der Waals surface area contributed by atoms with E-state index in [1.807, 2.05) is 6.20 Å². The van der Waals surface area contributed by atoms with Crippen LogP contribution in [0.3, 0.4) is 0 Å². The minimum Gasteiger partial charge on any atom is -0.356 e. The largest absolute Gasteiger partial charge is 0.356 e. The molecular formula is C17H26N6. The fourth-order valence-corrected chi connectivity index (χ4v) is 4.49. The summed E-state index contributed by atoms with van der Waals surface area (Å²) in [5.74, 6) is 2.73. The Morgan fingerprint density at radius 1 is 1.30 bits per heavy atom. The Morgan fingerprint density at radius 3 is 2.83 bits per heavy atom. The fourth-order valence-electron chi connectivity index (χ4n) is 4.49. The normalized spacial score (nSPS) is 27.7. The first-order chi connectivity index (χ1) is 11.3. The number of hydrogen-bond donors (Lipinski definition) is 2. The number of aromatic nitrogens is 3. The third-order valence-electron chi connectivity index (χ3n) is 5.69. The van der Waals surface area contributed by atoms with Crippen LogP contribution in [0.1, 0.15) is 19.3 Å². The summed E-state index contributed by atoms with van der Waals surface area (Å²) in [4.78, 5) is 17.0. The van der Waals surface area contributed by atoms with Crippen molar-refractivity contribution in [1.82, 2.24) is 19.9 Å². The van der Waals surface area contributed by atoms with Crippen molar-refractivity contribution < 1.29 is 0 Å². The second-order valence-electron chi connectivity index (χ2n) is 7.10. The number of anilines is 1. The van der Waals surface area contributed by atoms with Crippen molar-refractivity contribution in [2.75, 3.05) is 38.1 Å². The molecule has 2 aromatic heterocycles. The molecule has 1 saturated heterocycles. The van der Waals surface area contributed by atoms with Crippen LogP contribution in [-0.2, 0) is 0 Å². The van der Waals surface area contributed by atoms with Crippen LogP contribution in [0, 0.1) is 11.8 Å². The van der Waals surface area contributed by atoms with Gasteiger partial charge in [-0.05, 0) is 50.3 Å². The van der Waals surface area contributed by atoms with Gasteiger partial charge < -0.3 is 20.5 Å². The molecule has 2 fully saturated rings. The average Bonchev–Trinajstić information content (AvgIpc) is 3.25. The van der Waals surface area contributed by atoms with Crippen molar-refractivity contribution in [3.63, 3.8) is 0 Å². The topological polar surface area (TPSA) is 74.1 Å². The first-order valence-electron chi connectivity index (χ1n) is 8.69. The molecule has 3 atom stereocenters. The molecular weight excluding hydrogens is 288 g/mol. The minimum atomic E-state index is 0.592. The van der Waals surface area contributed by atoms with E-state index in [9.17, 15) is 0 Å². The number of nitrogens with two attached hydrogens (primary N) is 1. The molecule has 1 aliphatic heterocycles. The third kappa shape index (κ3) is 2.70. The summed E-state index contributed by atoms with van der Waals surface area (Å²) in [5, 5.41) is 1.12. The number of nitrogens with zero attached hydrogens (tertiary/aromatic N) is 4. The third-order valence-corrected chi connectivity index (χ3v) is 5.69. The maximum atomic E-state index is 5.64. The van der Waals surface area contributed by atoms with E-state index in [0.717, 1.165) is 41.7 Å². The maximum Gasteiger partial charge on any atom is 0.142 e. The minimum absolute atomic E-state index is 0.592. The summed E-state index contributed by atoms with van der Waals surface area (Å²) < 4.78 is 0. The number of hydrogen-bond acceptors (Lipinski definition) is 5. The van der Waals surface area contributed by atoms with Gasteiger partial charge in [-0.15, -0.1) is 0 Å². The Bertz CT molecular complexity index is 654. The molecule has 0 bridgehead atoms. The second kappa shape index (κ2) is 6.09. The molecule has 2 aromatic rings. The van der Waals surface area contributed by atoms with E-state index in [1.54, 1.807) is 6.33 Å². The van der Waals surface area contributed by atoms with E-state index in [2.05, 4.69) is 37.9 Å². The number of fused-ring (bicyclic) bond motifs is 2. The number of nitrogens with one attached hydrogen (secondary N) is 1. The molecule has 23 heavy (non-hydrogen) atoms. The molecule has 0 unspecified atom stereocenters. The highest BCUT2D eigenvalue weighted by molar-refractivity contribution is 5.87. The van der Waals surface area contributed by atoms with Crippen LogP contribution >= 0.6 is 0 Å². The van der Waals surface area contributed by atoms with Crippen molar-refractivity contribution in [1.29, 1.82) is 0 Å². The van der Waals surface area contributed by atoms with E-state index in [4.69, 9.17) is 5.73 Å². The highest BCUT2D eigenvalue weighted by Gasteiger charge is 2.42. The van der Waals surface area contributed by atoms with Crippen molar-refractivity contribution in [2.45, 2.75) is 25.3 Å². The highest BCUT2D eigenvalue weighted by atomic mass is 15.2. The molecule has 1 saturated carbocycles. The van der Waals surface area contributed by atoms with E-state index < -0.39 is 0 Å². The van der Waals surface area contributed by atoms with Crippen molar-refractivity contribution >= 4 is 16.9 Å². The lowest BCUT2D eigenvalue weighted by molar-refractivity contribution is 0.304. The lowest BCUT2D eigenvalue weighted by atomic mass is 10.0. The van der Waals surface area contributed by atoms with Crippen LogP contribution in [0.5, 0.6) is 0 Å². The molecule has 0 spiro atoms. The molecule has 3 heterocycles. The van der Waals surface area contributed by atoms with Gasteiger partial charge in [0.1, 0.15) is 17.8 Å². The van der Waals surface area contributed by atoms with Crippen LogP contribution in [0.15, 0.2) is 18.6 Å². The van der Waals surface area contributed by atoms with Gasteiger partial charge in [0, 0.05) is 32.4 Å². The summed E-state index contributed by atoms with van der Waals surface area (Å²) >= 11 is 0. The lowest BCUT2D eigenvalue weighted by Crippen LogP contribution is -2.33. The molecule has 124 valence electrons. The van der Waals surface area contributed by atoms with Gasteiger partial charge in [-0.3, -0.25) is 0 Å². The van der Waals surface area contributed by atoms with Crippen molar-refractivity contribution in [3.8, 4) is 0 Å². The SMILES string of the molecule is CN(c1ncnc2[nH]ccc12)[C@@H]1C[C@@H]2CN(CCCN)C[C@@H]2C1. The molecule has 0 radical (unpaired) electrons. The van der Waals surface area contributed by atoms with Crippen LogP contribution in [-0.4, -0.2) is 59.1 Å². The number of H-pyrrole nitrogens is 1. The maximum absolute atomic E-state index is 5.64. The monoisotopic (exact) mass is 314 g/mol. The van der Waals surface area contributed by atoms with Gasteiger partial charge in [-0.1, -0.05) is 0 Å². The van der Waals surface area contributed by atoms with E-state index in [-0.39, 0.29) is 0 Å². The van der Waals surface area contributed by atoms with Crippen LogP contribution in [0.2, 0.25) is 0 Å². The molecule has 3 N–H and O–H groups in total. The van der Waals surface area contributed by atoms with Gasteiger partial charge in [0.2, 0.25) is 0 Å². The summed E-state index contributed by atoms with van der Waals surface area (Å²) in [6, 6.07) is 2.67. The average molecular weight is 314 g/mol. The van der Waals surface area contributed by atoms with Crippen LogP contribution in [0.25, 0.3) is 11.0 Å². The van der Waals surface area contributed by atoms with Gasteiger partial charge in [0.15, 0.2) is 0 Å². The zero-order valence-electron chi connectivity index (χ0n) is 13.8. The molecule has 0 aromatic carbocycles. The zero-order chi connectivity index (χ0) is 15.8. The second-order valence-corrected chi connectivity index (χ2v) is 7.10. The molecule has 6 nitrogen and oxygen atoms in total. The summed E-state index contributed by atoms with van der Waals surface area (Å²) in [5.41, 5.74) is 6.56. The van der Waals surface area contributed by atoms with Gasteiger partial charge in [-0.2, -0.15) is 0 Å². The van der Waals surface area contributed by atoms with E-state index >= 15 is 0 Å². The standard InChI is InChI=1S/C17H26N6/c1-22(17-15-3-5-19-16(15)20-11-21-17)14-7-12-9-23(6-2-4-18)10-13(12)8-14/h3,5,11-14H,2,4,6-10,18H2,1H3,(H,19,20,21)/t12-,13+,14-. The van der Waals surface area contributed by atoms with Gasteiger partial charge >= 0.3 is 0 Å². The van der Waals surface area contributed by atoms with Crippen LogP contribution < -0.4 is 10.6 Å². The number of rotatable bonds is 5. The summed E-state index contributed by atoms with van der Waals surface area (Å²) in [6.07, 6.45) is 7.27. The Morgan fingerprint density at radius 2 is 2.09 bits per heavy atom. The quantitative estimate of drug-likeness (QED) is 0.874. The van der Waals surface area contributed by atoms with Crippen molar-refractivity contribution in [3.05, 3.63) is 18.6 Å². The molecule has 4 rings (SSSR count). The van der Waals surface area contributed by atoms with Crippen LogP contribution in [0.4, 0.5) is 5.82 Å². The first kappa shape index (κ1) is 14.9. The lowest BCUT2D eigenvalue weighted by Gasteiger charge is -2.27. The van der Waals surface area contributed by atoms with Gasteiger partial charge in [0.25, 0.3) is 0 Å². The molecule has 0 amide bonds. The highest BCUT2D eigenvalue weighted by Crippen LogP contribution is 2.41. The Kier molecular flexibility index (Phi) is 3.95. The first-order valence-corrected chi connectivity index (χ1v) is 8.69. The predicted octanol–water partition coefficient (Wildman–Crippen LogP) is 1.45. The zero-order valence-corrected chi connectivity index (χ0v) is 13.8.